The fourth-order valence-electron chi connectivity index (χ4n) is 3.32. The Hall–Kier alpha value is -2.65. The molecule has 1 saturated heterocycles. The lowest BCUT2D eigenvalue weighted by atomic mass is 10.1. The number of benzene rings is 2. The maximum atomic E-state index is 14.0. The highest BCUT2D eigenvalue weighted by atomic mass is 19.4. The van der Waals surface area contributed by atoms with E-state index in [0.29, 0.717) is 24.7 Å². The van der Waals surface area contributed by atoms with Gasteiger partial charge in [0.1, 0.15) is 5.82 Å². The van der Waals surface area contributed by atoms with E-state index in [1.165, 1.54) is 0 Å². The number of hydrogen-bond donors (Lipinski definition) is 2. The van der Waals surface area contributed by atoms with E-state index >= 15 is 0 Å². The van der Waals surface area contributed by atoms with Gasteiger partial charge in [0.25, 0.3) is 0 Å². The average molecular weight is 424 g/mol. The molecule has 5 nitrogen and oxygen atoms in total. The Labute approximate surface area is 172 Å². The van der Waals surface area contributed by atoms with Gasteiger partial charge in [0.2, 0.25) is 0 Å². The SMILES string of the molecule is CN1CCN(CC(NC(=O)Nc2cc(C(F)(F)F)ccc2F)c2ccccc2)CC1. The third-order valence-electron chi connectivity index (χ3n) is 5.09. The predicted octanol–water partition coefficient (Wildman–Crippen LogP) is 3.95. The van der Waals surface area contributed by atoms with Crippen LogP contribution in [0.2, 0.25) is 0 Å². The molecule has 2 aromatic carbocycles. The van der Waals surface area contributed by atoms with Crippen LogP contribution in [0.15, 0.2) is 48.5 Å². The van der Waals surface area contributed by atoms with Crippen molar-refractivity contribution < 1.29 is 22.4 Å². The molecule has 0 aliphatic carbocycles. The minimum absolute atomic E-state index is 0.400. The summed E-state index contributed by atoms with van der Waals surface area (Å²) in [5.41, 5.74) is -0.693. The zero-order valence-electron chi connectivity index (χ0n) is 16.5. The summed E-state index contributed by atoms with van der Waals surface area (Å²) in [5, 5.41) is 4.99. The van der Waals surface area contributed by atoms with Crippen LogP contribution in [0.3, 0.4) is 0 Å². The molecular weight excluding hydrogens is 400 g/mol. The van der Waals surface area contributed by atoms with Gasteiger partial charge in [0.15, 0.2) is 0 Å². The molecule has 0 aromatic heterocycles. The number of carbonyl (C=O) groups excluding carboxylic acids is 1. The second kappa shape index (κ2) is 9.44. The molecule has 1 unspecified atom stereocenters. The molecule has 1 aliphatic rings. The van der Waals surface area contributed by atoms with Crippen LogP contribution in [0.5, 0.6) is 0 Å². The van der Waals surface area contributed by atoms with Gasteiger partial charge in [-0.15, -0.1) is 0 Å². The van der Waals surface area contributed by atoms with Gasteiger partial charge >= 0.3 is 12.2 Å². The number of nitrogens with one attached hydrogen (secondary N) is 2. The Morgan fingerprint density at radius 2 is 1.73 bits per heavy atom. The number of carbonyl (C=O) groups is 1. The molecule has 0 bridgehead atoms. The van der Waals surface area contributed by atoms with E-state index in [-0.39, 0.29) is 0 Å². The molecule has 1 fully saturated rings. The number of anilines is 1. The number of amides is 2. The molecule has 2 amide bonds. The highest BCUT2D eigenvalue weighted by Crippen LogP contribution is 2.31. The summed E-state index contributed by atoms with van der Waals surface area (Å²) in [5.74, 6) is -0.937. The second-order valence-electron chi connectivity index (χ2n) is 7.36. The highest BCUT2D eigenvalue weighted by molar-refractivity contribution is 5.89. The third-order valence-corrected chi connectivity index (χ3v) is 5.09. The zero-order valence-corrected chi connectivity index (χ0v) is 16.5. The largest absolute Gasteiger partial charge is 0.416 e. The van der Waals surface area contributed by atoms with Crippen molar-refractivity contribution in [3.63, 3.8) is 0 Å². The molecule has 1 aliphatic heterocycles. The molecule has 30 heavy (non-hydrogen) atoms. The lowest BCUT2D eigenvalue weighted by Crippen LogP contribution is -2.48. The van der Waals surface area contributed by atoms with Crippen LogP contribution in [0.1, 0.15) is 17.2 Å². The Balaban J connectivity index is 1.72. The standard InChI is InChI=1S/C21H24F4N4O/c1-28-9-11-29(12-10-28)14-19(15-5-3-2-4-6-15)27-20(30)26-18-13-16(21(23,24)25)7-8-17(18)22/h2-8,13,19H,9-12,14H2,1H3,(H2,26,27,30). The van der Waals surface area contributed by atoms with E-state index in [1.807, 2.05) is 37.4 Å². The number of alkyl halides is 3. The smallest absolute Gasteiger partial charge is 0.330 e. The quantitative estimate of drug-likeness (QED) is 0.715. The highest BCUT2D eigenvalue weighted by Gasteiger charge is 2.31. The van der Waals surface area contributed by atoms with Crippen molar-refractivity contribution in [3.05, 3.63) is 65.5 Å². The van der Waals surface area contributed by atoms with Gasteiger partial charge in [0.05, 0.1) is 17.3 Å². The van der Waals surface area contributed by atoms with Gasteiger partial charge < -0.3 is 15.5 Å². The number of rotatable bonds is 5. The van der Waals surface area contributed by atoms with Crippen LogP contribution >= 0.6 is 0 Å². The molecule has 1 atom stereocenters. The minimum Gasteiger partial charge on any atom is -0.330 e. The predicted molar refractivity (Wildman–Crippen MR) is 107 cm³/mol. The van der Waals surface area contributed by atoms with Crippen molar-refractivity contribution in [2.45, 2.75) is 12.2 Å². The number of piperazine rings is 1. The van der Waals surface area contributed by atoms with E-state index in [4.69, 9.17) is 0 Å². The number of halogens is 4. The fourth-order valence-corrected chi connectivity index (χ4v) is 3.32. The van der Waals surface area contributed by atoms with Gasteiger partial charge in [-0.1, -0.05) is 30.3 Å². The number of hydrogen-bond acceptors (Lipinski definition) is 3. The molecule has 0 saturated carbocycles. The second-order valence-corrected chi connectivity index (χ2v) is 7.36. The van der Waals surface area contributed by atoms with E-state index < -0.39 is 35.3 Å². The van der Waals surface area contributed by atoms with Crippen molar-refractivity contribution in [2.24, 2.45) is 0 Å². The summed E-state index contributed by atoms with van der Waals surface area (Å²) in [6, 6.07) is 10.0. The van der Waals surface area contributed by atoms with Gasteiger partial charge in [-0.25, -0.2) is 9.18 Å². The van der Waals surface area contributed by atoms with Crippen molar-refractivity contribution in [3.8, 4) is 0 Å². The maximum Gasteiger partial charge on any atom is 0.416 e. The lowest BCUT2D eigenvalue weighted by Gasteiger charge is -2.35. The van der Waals surface area contributed by atoms with Crippen LogP contribution in [-0.2, 0) is 6.18 Å². The number of likely N-dealkylation sites (N-methyl/N-ethyl adjacent to an activating group) is 1. The van der Waals surface area contributed by atoms with Gasteiger partial charge in [0, 0.05) is 32.7 Å². The average Bonchev–Trinajstić information content (AvgIpc) is 2.70. The first-order chi connectivity index (χ1) is 14.2. The molecule has 3 rings (SSSR count). The van der Waals surface area contributed by atoms with Crippen LogP contribution in [0, 0.1) is 5.82 Å². The zero-order chi connectivity index (χ0) is 21.7. The maximum absolute atomic E-state index is 14.0. The van der Waals surface area contributed by atoms with Gasteiger partial charge in [-0.2, -0.15) is 13.2 Å². The van der Waals surface area contributed by atoms with Crippen LogP contribution in [0.4, 0.5) is 28.0 Å². The topological polar surface area (TPSA) is 47.6 Å². The lowest BCUT2D eigenvalue weighted by molar-refractivity contribution is -0.137. The van der Waals surface area contributed by atoms with E-state index in [9.17, 15) is 22.4 Å². The molecule has 2 N–H and O–H groups in total. The molecular formula is C21H24F4N4O. The van der Waals surface area contributed by atoms with E-state index in [2.05, 4.69) is 20.4 Å². The first kappa shape index (κ1) is 22.0. The van der Waals surface area contributed by atoms with Gasteiger partial charge in [-0.3, -0.25) is 4.90 Å². The monoisotopic (exact) mass is 424 g/mol. The number of nitrogens with zero attached hydrogens (tertiary/aromatic N) is 2. The van der Waals surface area contributed by atoms with Crippen LogP contribution < -0.4 is 10.6 Å². The first-order valence-electron chi connectivity index (χ1n) is 9.62. The summed E-state index contributed by atoms with van der Waals surface area (Å²) in [7, 11) is 2.04. The van der Waals surface area contributed by atoms with Crippen LogP contribution in [0.25, 0.3) is 0 Å². The van der Waals surface area contributed by atoms with Crippen molar-refractivity contribution >= 4 is 11.7 Å². The van der Waals surface area contributed by atoms with Crippen molar-refractivity contribution in [1.82, 2.24) is 15.1 Å². The molecule has 2 aromatic rings. The Morgan fingerprint density at radius 1 is 1.07 bits per heavy atom. The van der Waals surface area contributed by atoms with Crippen molar-refractivity contribution in [2.75, 3.05) is 45.1 Å². The van der Waals surface area contributed by atoms with E-state index in [0.717, 1.165) is 31.7 Å². The molecule has 0 radical (unpaired) electrons. The Kier molecular flexibility index (Phi) is 6.94. The van der Waals surface area contributed by atoms with Crippen LogP contribution in [-0.4, -0.2) is 55.6 Å². The molecule has 0 spiro atoms. The Morgan fingerprint density at radius 3 is 2.37 bits per heavy atom. The minimum atomic E-state index is -4.63. The molecule has 162 valence electrons. The van der Waals surface area contributed by atoms with Crippen molar-refractivity contribution in [1.29, 1.82) is 0 Å². The molecule has 1 heterocycles. The summed E-state index contributed by atoms with van der Waals surface area (Å²) in [4.78, 5) is 16.9. The summed E-state index contributed by atoms with van der Waals surface area (Å²) < 4.78 is 52.7. The summed E-state index contributed by atoms with van der Waals surface area (Å²) in [6.45, 7) is 4.03. The number of urea groups is 1. The van der Waals surface area contributed by atoms with Gasteiger partial charge in [-0.05, 0) is 30.8 Å². The first-order valence-corrected chi connectivity index (χ1v) is 9.62. The third kappa shape index (κ3) is 5.93. The summed E-state index contributed by atoms with van der Waals surface area (Å²) >= 11 is 0. The van der Waals surface area contributed by atoms with E-state index in [1.54, 1.807) is 0 Å². The summed E-state index contributed by atoms with van der Waals surface area (Å²) in [6.07, 6.45) is -4.63. The molecule has 9 heteroatoms. The fraction of sp³-hybridized carbons (Fsp3) is 0.381. The Bertz CT molecular complexity index is 852. The normalized spacial score (nSPS) is 16.8.